The Morgan fingerprint density at radius 2 is 1.68 bits per heavy atom. The van der Waals surface area contributed by atoms with Crippen molar-refractivity contribution in [3.63, 3.8) is 0 Å². The standard InChI is InChI=1S/C25H24/c1-20-17-23-21-13-9-6-4-2-3-5-7-12-16-25(19-21,24(23)18-20)22-14-10-8-11-15-22/h2-4,6,8-17,19H,5,7,18H2,1H3/b3-2-,6-4-,13-9-,16-12+. The van der Waals surface area contributed by atoms with Crippen molar-refractivity contribution in [2.45, 2.75) is 31.6 Å². The first-order valence-electron chi connectivity index (χ1n) is 9.17. The van der Waals surface area contributed by atoms with Gasteiger partial charge in [0.05, 0.1) is 5.41 Å². The van der Waals surface area contributed by atoms with Crippen molar-refractivity contribution in [2.24, 2.45) is 0 Å². The lowest BCUT2D eigenvalue weighted by atomic mass is 9.74. The molecule has 0 heteroatoms. The van der Waals surface area contributed by atoms with Crippen LogP contribution >= 0.6 is 0 Å². The number of rotatable bonds is 1. The molecule has 4 rings (SSSR count). The van der Waals surface area contributed by atoms with Crippen molar-refractivity contribution in [3.8, 4) is 0 Å². The third-order valence-electron chi connectivity index (χ3n) is 5.24. The van der Waals surface area contributed by atoms with Crippen molar-refractivity contribution in [2.75, 3.05) is 0 Å². The van der Waals surface area contributed by atoms with Crippen LogP contribution in [-0.2, 0) is 5.41 Å². The number of hydrogen-bond acceptors (Lipinski definition) is 0. The van der Waals surface area contributed by atoms with Crippen LogP contribution in [0.4, 0.5) is 0 Å². The van der Waals surface area contributed by atoms with Gasteiger partial charge in [-0.1, -0.05) is 96.7 Å². The Hall–Kier alpha value is -2.60. The van der Waals surface area contributed by atoms with Gasteiger partial charge in [0.1, 0.15) is 0 Å². The van der Waals surface area contributed by atoms with Gasteiger partial charge in [0.2, 0.25) is 0 Å². The summed E-state index contributed by atoms with van der Waals surface area (Å²) in [6.07, 6.45) is 25.9. The van der Waals surface area contributed by atoms with Gasteiger partial charge in [0, 0.05) is 0 Å². The van der Waals surface area contributed by atoms with Crippen molar-refractivity contribution in [1.82, 2.24) is 0 Å². The second-order valence-corrected chi connectivity index (χ2v) is 7.05. The highest BCUT2D eigenvalue weighted by molar-refractivity contribution is 5.69. The van der Waals surface area contributed by atoms with Crippen LogP contribution in [0.1, 0.15) is 31.7 Å². The third-order valence-corrected chi connectivity index (χ3v) is 5.24. The summed E-state index contributed by atoms with van der Waals surface area (Å²) in [6, 6.07) is 10.9. The monoisotopic (exact) mass is 324 g/mol. The fraction of sp³-hybridized carbons (Fsp3) is 0.200. The maximum absolute atomic E-state index is 2.46. The van der Waals surface area contributed by atoms with Crippen LogP contribution in [0, 0.1) is 0 Å². The van der Waals surface area contributed by atoms with Crippen molar-refractivity contribution >= 4 is 0 Å². The van der Waals surface area contributed by atoms with Crippen LogP contribution in [-0.4, -0.2) is 0 Å². The fourth-order valence-electron chi connectivity index (χ4n) is 4.07. The van der Waals surface area contributed by atoms with Gasteiger partial charge in [-0.05, 0) is 48.5 Å². The molecule has 1 atom stereocenters. The van der Waals surface area contributed by atoms with E-state index in [1.807, 2.05) is 0 Å². The first-order valence-corrected chi connectivity index (χ1v) is 9.17. The predicted molar refractivity (Wildman–Crippen MR) is 107 cm³/mol. The zero-order valence-corrected chi connectivity index (χ0v) is 14.8. The molecule has 0 nitrogen and oxygen atoms in total. The molecule has 0 aromatic heterocycles. The molecule has 0 amide bonds. The average Bonchev–Trinajstić information content (AvgIpc) is 3.15. The SMILES string of the molecule is CC1=CC2=C(C1)C1(c3ccccc3)C=C2\C=C/C=C\C=C/CC/C=C/1. The average molecular weight is 324 g/mol. The van der Waals surface area contributed by atoms with E-state index in [0.717, 1.165) is 19.3 Å². The van der Waals surface area contributed by atoms with Crippen LogP contribution in [0.3, 0.4) is 0 Å². The first kappa shape index (κ1) is 15.9. The molecule has 0 aliphatic heterocycles. The van der Waals surface area contributed by atoms with Crippen molar-refractivity contribution in [3.05, 3.63) is 119 Å². The summed E-state index contributed by atoms with van der Waals surface area (Å²) in [7, 11) is 0. The summed E-state index contributed by atoms with van der Waals surface area (Å²) in [6.45, 7) is 2.25. The number of fused-ring (bicyclic) bond motifs is 3. The molecule has 0 fully saturated rings. The molecule has 1 aromatic rings. The minimum Gasteiger partial charge on any atom is -0.0867 e. The van der Waals surface area contributed by atoms with Crippen LogP contribution in [0.15, 0.2) is 113 Å². The molecule has 0 saturated heterocycles. The zero-order chi connectivity index (χ0) is 17.1. The molecule has 2 bridgehead atoms. The molecule has 0 heterocycles. The highest BCUT2D eigenvalue weighted by Gasteiger charge is 2.40. The normalized spacial score (nSPS) is 30.3. The molecule has 124 valence electrons. The molecule has 3 aliphatic carbocycles. The Balaban J connectivity index is 1.89. The second kappa shape index (κ2) is 6.72. The summed E-state index contributed by atoms with van der Waals surface area (Å²) in [5.74, 6) is 0. The molecule has 0 radical (unpaired) electrons. The van der Waals surface area contributed by atoms with Gasteiger partial charge in [0.15, 0.2) is 0 Å². The molecule has 3 aliphatic rings. The molecule has 0 saturated carbocycles. The lowest BCUT2D eigenvalue weighted by Gasteiger charge is -2.28. The number of benzene rings is 1. The summed E-state index contributed by atoms with van der Waals surface area (Å²) in [5.41, 5.74) is 7.01. The molecule has 0 N–H and O–H groups in total. The summed E-state index contributed by atoms with van der Waals surface area (Å²) < 4.78 is 0. The van der Waals surface area contributed by atoms with Crippen molar-refractivity contribution < 1.29 is 0 Å². The van der Waals surface area contributed by atoms with Crippen LogP contribution in [0.2, 0.25) is 0 Å². The van der Waals surface area contributed by atoms with E-state index in [1.165, 1.54) is 27.9 Å². The van der Waals surface area contributed by atoms with Gasteiger partial charge in [-0.3, -0.25) is 0 Å². The maximum Gasteiger partial charge on any atom is 0.0543 e. The van der Waals surface area contributed by atoms with E-state index in [4.69, 9.17) is 0 Å². The fourth-order valence-corrected chi connectivity index (χ4v) is 4.07. The van der Waals surface area contributed by atoms with Gasteiger partial charge in [-0.15, -0.1) is 0 Å². The Morgan fingerprint density at radius 1 is 0.880 bits per heavy atom. The highest BCUT2D eigenvalue weighted by Crippen LogP contribution is 2.51. The lowest BCUT2D eigenvalue weighted by molar-refractivity contribution is 0.770. The third kappa shape index (κ3) is 2.93. The Morgan fingerprint density at radius 3 is 2.56 bits per heavy atom. The van der Waals surface area contributed by atoms with Crippen LogP contribution < -0.4 is 0 Å². The zero-order valence-electron chi connectivity index (χ0n) is 14.8. The molecule has 25 heavy (non-hydrogen) atoms. The maximum atomic E-state index is 2.46. The molecule has 0 spiro atoms. The number of hydrogen-bond donors (Lipinski definition) is 0. The quantitative estimate of drug-likeness (QED) is 0.515. The largest absolute Gasteiger partial charge is 0.0867 e. The van der Waals surface area contributed by atoms with Gasteiger partial charge in [-0.25, -0.2) is 0 Å². The molecular weight excluding hydrogens is 300 g/mol. The Bertz CT molecular complexity index is 866. The minimum absolute atomic E-state index is 0.105. The van der Waals surface area contributed by atoms with Gasteiger partial charge in [-0.2, -0.15) is 0 Å². The van der Waals surface area contributed by atoms with Gasteiger partial charge < -0.3 is 0 Å². The molecule has 1 unspecified atom stereocenters. The van der Waals surface area contributed by atoms with E-state index < -0.39 is 0 Å². The Labute approximate surface area is 151 Å². The van der Waals surface area contributed by atoms with Crippen LogP contribution in [0.25, 0.3) is 0 Å². The van der Waals surface area contributed by atoms with E-state index in [9.17, 15) is 0 Å². The molecular formula is C25H24. The first-order chi connectivity index (χ1) is 12.3. The summed E-state index contributed by atoms with van der Waals surface area (Å²) in [4.78, 5) is 0. The summed E-state index contributed by atoms with van der Waals surface area (Å²) in [5, 5.41) is 0. The Kier molecular flexibility index (Phi) is 4.28. The predicted octanol–water partition coefficient (Wildman–Crippen LogP) is 6.53. The van der Waals surface area contributed by atoms with E-state index in [-0.39, 0.29) is 5.41 Å². The van der Waals surface area contributed by atoms with E-state index in [0.29, 0.717) is 0 Å². The topological polar surface area (TPSA) is 0 Å². The minimum atomic E-state index is -0.105. The van der Waals surface area contributed by atoms with Gasteiger partial charge in [0.25, 0.3) is 0 Å². The highest BCUT2D eigenvalue weighted by atomic mass is 14.4. The van der Waals surface area contributed by atoms with Crippen LogP contribution in [0.5, 0.6) is 0 Å². The molecule has 1 aromatic carbocycles. The smallest absolute Gasteiger partial charge is 0.0543 e. The van der Waals surface area contributed by atoms with E-state index in [2.05, 4.69) is 98.0 Å². The van der Waals surface area contributed by atoms with E-state index >= 15 is 0 Å². The van der Waals surface area contributed by atoms with E-state index in [1.54, 1.807) is 0 Å². The second-order valence-electron chi connectivity index (χ2n) is 7.05. The number of allylic oxidation sites excluding steroid dienone is 14. The summed E-state index contributed by atoms with van der Waals surface area (Å²) >= 11 is 0. The lowest BCUT2D eigenvalue weighted by Crippen LogP contribution is -2.21. The van der Waals surface area contributed by atoms with Crippen molar-refractivity contribution in [1.29, 1.82) is 0 Å². The van der Waals surface area contributed by atoms with Gasteiger partial charge >= 0.3 is 0 Å².